The molecule has 2 aromatic rings. The summed E-state index contributed by atoms with van der Waals surface area (Å²) in [6.07, 6.45) is 2.09. The zero-order valence-electron chi connectivity index (χ0n) is 12.5. The number of hydrogen-bond acceptors (Lipinski definition) is 2. The molecule has 0 fully saturated rings. The third-order valence-corrected chi connectivity index (χ3v) is 4.99. The Labute approximate surface area is 127 Å². The Bertz CT molecular complexity index is 627. The molecule has 0 saturated heterocycles. The Hall–Kier alpha value is -1.79. The van der Waals surface area contributed by atoms with Crippen molar-refractivity contribution in [2.45, 2.75) is 26.7 Å². The van der Waals surface area contributed by atoms with Gasteiger partial charge in [0.1, 0.15) is 0 Å². The second-order valence-electron chi connectivity index (χ2n) is 5.26. The van der Waals surface area contributed by atoms with E-state index in [1.165, 1.54) is 5.56 Å². The first-order valence-electron chi connectivity index (χ1n) is 7.18. The summed E-state index contributed by atoms with van der Waals surface area (Å²) in [6.45, 7) is 3.79. The van der Waals surface area contributed by atoms with Crippen molar-refractivity contribution in [2.75, 3.05) is 6.16 Å². The molecule has 0 saturated carbocycles. The third-order valence-electron chi connectivity index (χ3n) is 3.59. The summed E-state index contributed by atoms with van der Waals surface area (Å²) < 4.78 is 12.2. The molecule has 0 heterocycles. The molecule has 1 atom stereocenters. The quantitative estimate of drug-likeness (QED) is 0.711. The lowest BCUT2D eigenvalue weighted by atomic mass is 10.0. The maximum Gasteiger partial charge on any atom is 0.420 e. The molecular formula is C18H20O2P+. The van der Waals surface area contributed by atoms with Gasteiger partial charge in [-0.25, -0.2) is 4.79 Å². The summed E-state index contributed by atoms with van der Waals surface area (Å²) in [5.74, 6) is 0. The zero-order valence-corrected chi connectivity index (χ0v) is 13.4. The first kappa shape index (κ1) is 15.6. The standard InChI is InChI=1S/C18H20O2P/c1-14-8-6-9-15(2)17(14)18(19)21(20)13-7-12-16-10-4-3-5-11-16/h3-6,8-11H,7,12-13H2,1-2H3/q+1. The molecule has 0 spiro atoms. The van der Waals surface area contributed by atoms with Gasteiger partial charge in [-0.2, -0.15) is 0 Å². The molecule has 0 N–H and O–H groups in total. The fraction of sp³-hybridized carbons (Fsp3) is 0.278. The van der Waals surface area contributed by atoms with Crippen LogP contribution in [0.2, 0.25) is 0 Å². The van der Waals surface area contributed by atoms with Crippen molar-refractivity contribution in [3.8, 4) is 0 Å². The van der Waals surface area contributed by atoms with Gasteiger partial charge in [0.25, 0.3) is 0 Å². The first-order chi connectivity index (χ1) is 10.1. The van der Waals surface area contributed by atoms with Gasteiger partial charge in [0.2, 0.25) is 0 Å². The summed E-state index contributed by atoms with van der Waals surface area (Å²) in [7, 11) is -1.84. The van der Waals surface area contributed by atoms with E-state index < -0.39 is 7.80 Å². The van der Waals surface area contributed by atoms with Crippen LogP contribution in [0, 0.1) is 13.8 Å². The van der Waals surface area contributed by atoms with Crippen LogP contribution in [0.3, 0.4) is 0 Å². The highest BCUT2D eigenvalue weighted by Crippen LogP contribution is 2.31. The van der Waals surface area contributed by atoms with Crippen LogP contribution < -0.4 is 0 Å². The van der Waals surface area contributed by atoms with Gasteiger partial charge in [-0.05, 0) is 43.4 Å². The molecule has 0 aliphatic heterocycles. The van der Waals surface area contributed by atoms with E-state index in [9.17, 15) is 9.36 Å². The molecule has 0 aromatic heterocycles. The number of carbonyl (C=O) groups excluding carboxylic acids is 1. The average Bonchev–Trinajstić information content (AvgIpc) is 2.48. The highest BCUT2D eigenvalue weighted by Gasteiger charge is 2.31. The van der Waals surface area contributed by atoms with Crippen molar-refractivity contribution in [3.63, 3.8) is 0 Å². The minimum atomic E-state index is -1.84. The number of hydrogen-bond donors (Lipinski definition) is 0. The molecule has 2 aromatic carbocycles. The van der Waals surface area contributed by atoms with E-state index in [4.69, 9.17) is 0 Å². The second kappa shape index (κ2) is 7.28. The highest BCUT2D eigenvalue weighted by molar-refractivity contribution is 7.64. The van der Waals surface area contributed by atoms with E-state index in [1.807, 2.05) is 50.2 Å². The average molecular weight is 299 g/mol. The molecule has 0 bridgehead atoms. The summed E-state index contributed by atoms with van der Waals surface area (Å²) in [5.41, 5.74) is 3.48. The normalized spacial score (nSPS) is 11.2. The summed E-state index contributed by atoms with van der Waals surface area (Å²) in [5, 5.41) is 0. The smallest absolute Gasteiger partial charge is 0.234 e. The maximum atomic E-state index is 12.3. The molecule has 108 valence electrons. The lowest BCUT2D eigenvalue weighted by Crippen LogP contribution is -2.02. The second-order valence-corrected chi connectivity index (χ2v) is 6.87. The number of rotatable bonds is 6. The van der Waals surface area contributed by atoms with E-state index in [1.54, 1.807) is 0 Å². The molecule has 21 heavy (non-hydrogen) atoms. The van der Waals surface area contributed by atoms with Crippen LogP contribution in [0.5, 0.6) is 0 Å². The molecule has 3 heteroatoms. The minimum Gasteiger partial charge on any atom is -0.234 e. The van der Waals surface area contributed by atoms with Gasteiger partial charge in [0.15, 0.2) is 6.16 Å². The van der Waals surface area contributed by atoms with E-state index >= 15 is 0 Å². The molecule has 0 amide bonds. The largest absolute Gasteiger partial charge is 0.420 e. The fourth-order valence-electron chi connectivity index (χ4n) is 2.45. The van der Waals surface area contributed by atoms with Crippen molar-refractivity contribution in [2.24, 2.45) is 0 Å². The molecule has 2 rings (SSSR count). The fourth-order valence-corrected chi connectivity index (χ4v) is 3.70. The predicted molar refractivity (Wildman–Crippen MR) is 87.5 cm³/mol. The Morgan fingerprint density at radius 2 is 1.57 bits per heavy atom. The van der Waals surface area contributed by atoms with Crippen LogP contribution in [-0.4, -0.2) is 11.7 Å². The summed E-state index contributed by atoms with van der Waals surface area (Å²) in [6, 6.07) is 15.8. The van der Waals surface area contributed by atoms with Crippen molar-refractivity contribution < 1.29 is 9.36 Å². The minimum absolute atomic E-state index is 0.200. The Kier molecular flexibility index (Phi) is 5.41. The topological polar surface area (TPSA) is 34.1 Å². The Balaban J connectivity index is 1.96. The van der Waals surface area contributed by atoms with Gasteiger partial charge in [-0.1, -0.05) is 53.1 Å². The number of benzene rings is 2. The number of aryl methyl sites for hydroxylation is 3. The highest BCUT2D eigenvalue weighted by atomic mass is 31.1. The van der Waals surface area contributed by atoms with Crippen LogP contribution in [0.4, 0.5) is 0 Å². The van der Waals surface area contributed by atoms with Crippen LogP contribution in [0.1, 0.15) is 33.5 Å². The van der Waals surface area contributed by atoms with Gasteiger partial charge in [-0.15, -0.1) is 0 Å². The van der Waals surface area contributed by atoms with Crippen molar-refractivity contribution in [3.05, 3.63) is 70.8 Å². The molecule has 0 radical (unpaired) electrons. The van der Waals surface area contributed by atoms with Crippen molar-refractivity contribution in [1.29, 1.82) is 0 Å². The third kappa shape index (κ3) is 4.09. The van der Waals surface area contributed by atoms with Crippen LogP contribution >= 0.6 is 7.80 Å². The number of carbonyl (C=O) groups is 1. The van der Waals surface area contributed by atoms with Gasteiger partial charge in [-0.3, -0.25) is 0 Å². The van der Waals surface area contributed by atoms with Gasteiger partial charge in [0.05, 0.1) is 5.56 Å². The zero-order chi connectivity index (χ0) is 15.2. The van der Waals surface area contributed by atoms with Crippen LogP contribution in [-0.2, 0) is 11.0 Å². The summed E-state index contributed by atoms with van der Waals surface area (Å²) >= 11 is 0. The van der Waals surface area contributed by atoms with E-state index in [0.29, 0.717) is 11.7 Å². The SMILES string of the molecule is Cc1cccc(C)c1C(=O)[P+](=O)CCCc1ccccc1. The predicted octanol–water partition coefficient (Wildman–Crippen LogP) is 4.90. The molecule has 1 unspecified atom stereocenters. The first-order valence-corrected chi connectivity index (χ1v) is 8.63. The lowest BCUT2D eigenvalue weighted by molar-refractivity contribution is 0.107. The molecule has 2 nitrogen and oxygen atoms in total. The molecule has 0 aliphatic rings. The van der Waals surface area contributed by atoms with Crippen molar-refractivity contribution in [1.82, 2.24) is 0 Å². The molecule has 0 aliphatic carbocycles. The van der Waals surface area contributed by atoms with Gasteiger partial charge in [0, 0.05) is 0 Å². The molecular weight excluding hydrogens is 279 g/mol. The van der Waals surface area contributed by atoms with Gasteiger partial charge >= 0.3 is 13.3 Å². The van der Waals surface area contributed by atoms with Crippen molar-refractivity contribution >= 4 is 13.3 Å². The Morgan fingerprint density at radius 1 is 0.952 bits per heavy atom. The van der Waals surface area contributed by atoms with E-state index in [2.05, 4.69) is 12.1 Å². The maximum absolute atomic E-state index is 12.3. The van der Waals surface area contributed by atoms with Crippen LogP contribution in [0.15, 0.2) is 48.5 Å². The van der Waals surface area contributed by atoms with E-state index in [-0.39, 0.29) is 5.52 Å². The van der Waals surface area contributed by atoms with E-state index in [0.717, 1.165) is 24.0 Å². The summed E-state index contributed by atoms with van der Waals surface area (Å²) in [4.78, 5) is 12.3. The lowest BCUT2D eigenvalue weighted by Gasteiger charge is -2.02. The van der Waals surface area contributed by atoms with Gasteiger partial charge < -0.3 is 0 Å². The Morgan fingerprint density at radius 3 is 2.19 bits per heavy atom. The van der Waals surface area contributed by atoms with Crippen LogP contribution in [0.25, 0.3) is 0 Å². The monoisotopic (exact) mass is 299 g/mol.